The van der Waals surface area contributed by atoms with Crippen molar-refractivity contribution in [1.29, 1.82) is 0 Å². The van der Waals surface area contributed by atoms with Crippen molar-refractivity contribution in [1.82, 2.24) is 5.32 Å². The van der Waals surface area contributed by atoms with Crippen LogP contribution in [0.5, 0.6) is 0 Å². The van der Waals surface area contributed by atoms with Gasteiger partial charge in [-0.1, -0.05) is 68.4 Å². The van der Waals surface area contributed by atoms with Gasteiger partial charge in [0.05, 0.1) is 0 Å². The number of aryl methyl sites for hydroxylation is 1. The van der Waals surface area contributed by atoms with E-state index in [1.54, 1.807) is 18.2 Å². The molecule has 0 saturated heterocycles. The third-order valence-corrected chi connectivity index (χ3v) is 4.22. The second kappa shape index (κ2) is 7.75. The monoisotopic (exact) mass is 434 g/mol. The zero-order valence-electron chi connectivity index (χ0n) is 12.1. The summed E-state index contributed by atoms with van der Waals surface area (Å²) in [6.45, 7) is 1.91. The van der Waals surface area contributed by atoms with Crippen LogP contribution in [0.25, 0.3) is 0 Å². The lowest BCUT2D eigenvalue weighted by Crippen LogP contribution is -2.49. The summed E-state index contributed by atoms with van der Waals surface area (Å²) in [7, 11) is 0. The molecule has 3 nitrogen and oxygen atoms in total. The molecular formula is C16H14BrCl3N2O. The Morgan fingerprint density at radius 3 is 2.35 bits per heavy atom. The summed E-state index contributed by atoms with van der Waals surface area (Å²) in [6.07, 6.45) is -0.887. The summed E-state index contributed by atoms with van der Waals surface area (Å²) < 4.78 is -0.788. The van der Waals surface area contributed by atoms with E-state index in [2.05, 4.69) is 26.6 Å². The number of halogens is 4. The SMILES string of the molecule is Cc1cccc(C(=O)NC(Nc2ccc(Br)cc2)C(Cl)(Cl)Cl)c1. The lowest BCUT2D eigenvalue weighted by molar-refractivity contribution is 0.0941. The first kappa shape index (κ1) is 18.4. The van der Waals surface area contributed by atoms with Gasteiger partial charge in [0.2, 0.25) is 3.79 Å². The maximum Gasteiger partial charge on any atom is 0.252 e. The summed E-state index contributed by atoms with van der Waals surface area (Å²) in [5.74, 6) is -0.324. The topological polar surface area (TPSA) is 41.1 Å². The molecule has 0 fully saturated rings. The smallest absolute Gasteiger partial charge is 0.252 e. The molecule has 1 atom stereocenters. The van der Waals surface area contributed by atoms with Crippen LogP contribution in [-0.4, -0.2) is 15.9 Å². The van der Waals surface area contributed by atoms with Crippen molar-refractivity contribution < 1.29 is 4.79 Å². The molecule has 0 bridgehead atoms. The Morgan fingerprint density at radius 2 is 1.78 bits per heavy atom. The molecule has 0 heterocycles. The number of carbonyl (C=O) groups is 1. The van der Waals surface area contributed by atoms with Crippen LogP contribution in [0.3, 0.4) is 0 Å². The highest BCUT2D eigenvalue weighted by atomic mass is 79.9. The highest BCUT2D eigenvalue weighted by Crippen LogP contribution is 2.31. The largest absolute Gasteiger partial charge is 0.362 e. The fourth-order valence-electron chi connectivity index (χ4n) is 1.91. The molecule has 2 aromatic carbocycles. The predicted molar refractivity (Wildman–Crippen MR) is 100 cm³/mol. The Morgan fingerprint density at radius 1 is 1.13 bits per heavy atom. The molecule has 2 N–H and O–H groups in total. The van der Waals surface area contributed by atoms with Gasteiger partial charge in [-0.2, -0.15) is 0 Å². The van der Waals surface area contributed by atoms with Crippen LogP contribution < -0.4 is 10.6 Å². The number of rotatable bonds is 4. The van der Waals surface area contributed by atoms with Crippen LogP contribution in [0, 0.1) is 6.92 Å². The van der Waals surface area contributed by atoms with Gasteiger partial charge in [-0.3, -0.25) is 4.79 Å². The van der Waals surface area contributed by atoms with Gasteiger partial charge in [0.1, 0.15) is 6.17 Å². The number of carbonyl (C=O) groups excluding carboxylic acids is 1. The predicted octanol–water partition coefficient (Wildman–Crippen LogP) is 5.30. The van der Waals surface area contributed by atoms with Gasteiger partial charge < -0.3 is 10.6 Å². The molecular weight excluding hydrogens is 422 g/mol. The Kier molecular flexibility index (Phi) is 6.20. The van der Waals surface area contributed by atoms with Gasteiger partial charge in [-0.15, -0.1) is 0 Å². The van der Waals surface area contributed by atoms with Crippen LogP contribution in [0.4, 0.5) is 5.69 Å². The van der Waals surface area contributed by atoms with E-state index in [9.17, 15) is 4.79 Å². The summed E-state index contributed by atoms with van der Waals surface area (Å²) in [4.78, 5) is 12.4. The molecule has 0 aromatic heterocycles. The number of benzene rings is 2. The van der Waals surface area contributed by atoms with E-state index in [0.29, 0.717) is 11.3 Å². The van der Waals surface area contributed by atoms with Crippen molar-refractivity contribution in [3.05, 3.63) is 64.1 Å². The van der Waals surface area contributed by atoms with Crippen LogP contribution in [-0.2, 0) is 0 Å². The highest BCUT2D eigenvalue weighted by molar-refractivity contribution is 9.10. The Balaban J connectivity index is 2.16. The van der Waals surface area contributed by atoms with Gasteiger partial charge in [-0.25, -0.2) is 0 Å². The minimum absolute atomic E-state index is 0.324. The first-order valence-electron chi connectivity index (χ1n) is 6.72. The third kappa shape index (κ3) is 5.57. The van der Waals surface area contributed by atoms with Gasteiger partial charge in [0, 0.05) is 15.7 Å². The number of nitrogens with one attached hydrogen (secondary N) is 2. The molecule has 23 heavy (non-hydrogen) atoms. The van der Waals surface area contributed by atoms with Gasteiger partial charge >= 0.3 is 0 Å². The van der Waals surface area contributed by atoms with Gasteiger partial charge in [-0.05, 0) is 43.3 Å². The van der Waals surface area contributed by atoms with Crippen molar-refractivity contribution in [3.63, 3.8) is 0 Å². The molecule has 122 valence electrons. The molecule has 0 radical (unpaired) electrons. The quantitative estimate of drug-likeness (QED) is 0.505. The average molecular weight is 437 g/mol. The summed E-state index contributed by atoms with van der Waals surface area (Å²) >= 11 is 21.3. The molecule has 1 amide bonds. The maximum atomic E-state index is 12.4. The van der Waals surface area contributed by atoms with E-state index < -0.39 is 9.96 Å². The lowest BCUT2D eigenvalue weighted by Gasteiger charge is -2.27. The highest BCUT2D eigenvalue weighted by Gasteiger charge is 2.34. The fourth-order valence-corrected chi connectivity index (χ4v) is 2.50. The van der Waals surface area contributed by atoms with Crippen LogP contribution in [0.2, 0.25) is 0 Å². The Bertz CT molecular complexity index is 686. The number of hydrogen-bond donors (Lipinski definition) is 2. The van der Waals surface area contributed by atoms with E-state index in [1.165, 1.54) is 0 Å². The fraction of sp³-hybridized carbons (Fsp3) is 0.188. The van der Waals surface area contributed by atoms with E-state index in [-0.39, 0.29) is 5.91 Å². The summed E-state index contributed by atoms with van der Waals surface area (Å²) in [5, 5.41) is 5.72. The number of amides is 1. The maximum absolute atomic E-state index is 12.4. The van der Waals surface area contributed by atoms with Crippen molar-refractivity contribution >= 4 is 62.3 Å². The van der Waals surface area contributed by atoms with Crippen LogP contribution in [0.15, 0.2) is 53.0 Å². The van der Waals surface area contributed by atoms with E-state index >= 15 is 0 Å². The number of alkyl halides is 3. The third-order valence-electron chi connectivity index (χ3n) is 3.04. The normalized spacial score (nSPS) is 12.6. The average Bonchev–Trinajstić information content (AvgIpc) is 2.47. The number of anilines is 1. The molecule has 0 aliphatic rings. The zero-order valence-corrected chi connectivity index (χ0v) is 16.0. The Hall–Kier alpha value is -0.940. The first-order chi connectivity index (χ1) is 10.8. The molecule has 2 rings (SSSR count). The molecule has 1 unspecified atom stereocenters. The minimum Gasteiger partial charge on any atom is -0.362 e. The second-order valence-corrected chi connectivity index (χ2v) is 8.25. The van der Waals surface area contributed by atoms with E-state index in [1.807, 2.05) is 37.3 Å². The molecule has 0 aliphatic carbocycles. The number of hydrogen-bond acceptors (Lipinski definition) is 2. The first-order valence-corrected chi connectivity index (χ1v) is 8.65. The lowest BCUT2D eigenvalue weighted by atomic mass is 10.1. The van der Waals surface area contributed by atoms with Crippen molar-refractivity contribution in [3.8, 4) is 0 Å². The van der Waals surface area contributed by atoms with Crippen molar-refractivity contribution in [2.24, 2.45) is 0 Å². The Labute approximate surface area is 158 Å². The standard InChI is InChI=1S/C16H14BrCl3N2O/c1-10-3-2-4-11(9-10)14(23)22-15(16(18,19)20)21-13-7-5-12(17)6-8-13/h2-9,15,21H,1H3,(H,22,23). The van der Waals surface area contributed by atoms with E-state index in [0.717, 1.165) is 10.0 Å². The molecule has 7 heteroatoms. The molecule has 0 spiro atoms. The molecule has 0 aliphatic heterocycles. The van der Waals surface area contributed by atoms with Crippen LogP contribution in [0.1, 0.15) is 15.9 Å². The van der Waals surface area contributed by atoms with Crippen molar-refractivity contribution in [2.75, 3.05) is 5.32 Å². The zero-order chi connectivity index (χ0) is 17.0. The molecule has 0 saturated carbocycles. The van der Waals surface area contributed by atoms with Crippen LogP contribution >= 0.6 is 50.7 Å². The molecule has 2 aromatic rings. The summed E-state index contributed by atoms with van der Waals surface area (Å²) in [6, 6.07) is 14.5. The van der Waals surface area contributed by atoms with Gasteiger partial charge in [0.15, 0.2) is 0 Å². The van der Waals surface area contributed by atoms with E-state index in [4.69, 9.17) is 34.8 Å². The van der Waals surface area contributed by atoms with Gasteiger partial charge in [0.25, 0.3) is 5.91 Å². The van der Waals surface area contributed by atoms with Crippen molar-refractivity contribution in [2.45, 2.75) is 16.9 Å². The summed E-state index contributed by atoms with van der Waals surface area (Å²) in [5.41, 5.74) is 2.19. The minimum atomic E-state index is -1.72. The second-order valence-electron chi connectivity index (χ2n) is 4.97.